The van der Waals surface area contributed by atoms with Gasteiger partial charge in [-0.15, -0.1) is 11.8 Å². The van der Waals surface area contributed by atoms with Gasteiger partial charge in [0.05, 0.1) is 6.42 Å². The third-order valence-electron chi connectivity index (χ3n) is 2.75. The van der Waals surface area contributed by atoms with Crippen molar-refractivity contribution in [1.82, 2.24) is 0 Å². The van der Waals surface area contributed by atoms with Crippen LogP contribution < -0.4 is 0 Å². The Morgan fingerprint density at radius 1 is 1.54 bits per heavy atom. The van der Waals surface area contributed by atoms with Gasteiger partial charge in [-0.3, -0.25) is 9.59 Å². The second-order valence-electron chi connectivity index (χ2n) is 4.09. The van der Waals surface area contributed by atoms with Gasteiger partial charge in [0.15, 0.2) is 0 Å². The maximum Gasteiger partial charge on any atom is 0.326 e. The van der Waals surface area contributed by atoms with Gasteiger partial charge >= 0.3 is 11.9 Å². The third kappa shape index (κ3) is 1.73. The van der Waals surface area contributed by atoms with Gasteiger partial charge in [0, 0.05) is 0 Å². The molecule has 0 aromatic rings. The first-order chi connectivity index (χ1) is 6.09. The van der Waals surface area contributed by atoms with E-state index in [4.69, 9.17) is 4.74 Å². The fourth-order valence-corrected chi connectivity index (χ4v) is 3.53. The van der Waals surface area contributed by atoms with Crippen molar-refractivity contribution in [3.8, 4) is 0 Å². The molecule has 3 nitrogen and oxygen atoms in total. The summed E-state index contributed by atoms with van der Waals surface area (Å²) < 4.78 is 4.69. The first kappa shape index (κ1) is 9.06. The molecule has 0 N–H and O–H groups in total. The van der Waals surface area contributed by atoms with Gasteiger partial charge in [-0.05, 0) is 24.0 Å². The van der Waals surface area contributed by atoms with Crippen molar-refractivity contribution in [3.63, 3.8) is 0 Å². The predicted molar refractivity (Wildman–Crippen MR) is 49.3 cm³/mol. The first-order valence-electron chi connectivity index (χ1n) is 4.45. The molecule has 2 atom stereocenters. The lowest BCUT2D eigenvalue weighted by molar-refractivity contribution is -0.158. The second kappa shape index (κ2) is 3.01. The molecule has 2 saturated heterocycles. The Kier molecular flexibility index (Phi) is 2.10. The topological polar surface area (TPSA) is 43.4 Å². The lowest BCUT2D eigenvalue weighted by atomic mass is 9.80. The molecular formula is C9H12O3S. The van der Waals surface area contributed by atoms with Gasteiger partial charge in [0.25, 0.3) is 0 Å². The lowest BCUT2D eigenvalue weighted by Gasteiger charge is -2.32. The molecule has 2 aliphatic rings. The van der Waals surface area contributed by atoms with E-state index in [1.54, 1.807) is 11.8 Å². The normalized spacial score (nSPS) is 39.6. The van der Waals surface area contributed by atoms with Crippen LogP contribution in [0.15, 0.2) is 0 Å². The highest BCUT2D eigenvalue weighted by molar-refractivity contribution is 8.00. The van der Waals surface area contributed by atoms with Crippen molar-refractivity contribution in [2.24, 2.45) is 5.41 Å². The molecule has 0 aliphatic carbocycles. The summed E-state index contributed by atoms with van der Waals surface area (Å²) in [6.07, 6.45) is 2.20. The number of esters is 2. The molecule has 0 spiro atoms. The van der Waals surface area contributed by atoms with Crippen LogP contribution in [0.1, 0.15) is 26.2 Å². The van der Waals surface area contributed by atoms with Crippen LogP contribution in [0.4, 0.5) is 0 Å². The maximum absolute atomic E-state index is 11.3. The monoisotopic (exact) mass is 200 g/mol. The number of carbonyl (C=O) groups excluding carboxylic acids is 2. The van der Waals surface area contributed by atoms with Gasteiger partial charge in [0.2, 0.25) is 0 Å². The van der Waals surface area contributed by atoms with Crippen molar-refractivity contribution in [3.05, 3.63) is 0 Å². The minimum atomic E-state index is -0.350. The van der Waals surface area contributed by atoms with E-state index in [0.29, 0.717) is 6.42 Å². The Morgan fingerprint density at radius 3 is 3.08 bits per heavy atom. The summed E-state index contributed by atoms with van der Waals surface area (Å²) in [5, 5.41) is -0.106. The van der Waals surface area contributed by atoms with Crippen molar-refractivity contribution >= 4 is 23.7 Å². The average Bonchev–Trinajstić information content (AvgIpc) is 2.08. The van der Waals surface area contributed by atoms with Crippen molar-refractivity contribution < 1.29 is 14.3 Å². The highest BCUT2D eigenvalue weighted by Crippen LogP contribution is 2.43. The molecule has 2 rings (SSSR count). The second-order valence-corrected chi connectivity index (χ2v) is 5.40. The quantitative estimate of drug-likeness (QED) is 0.437. The fraction of sp³-hybridized carbons (Fsp3) is 0.778. The van der Waals surface area contributed by atoms with Gasteiger partial charge in [-0.25, -0.2) is 0 Å². The Bertz CT molecular complexity index is 264. The van der Waals surface area contributed by atoms with E-state index in [9.17, 15) is 9.59 Å². The van der Waals surface area contributed by atoms with Gasteiger partial charge in [-0.1, -0.05) is 6.92 Å². The van der Waals surface area contributed by atoms with Gasteiger partial charge < -0.3 is 4.74 Å². The van der Waals surface area contributed by atoms with Crippen LogP contribution in [-0.4, -0.2) is 22.9 Å². The van der Waals surface area contributed by atoms with Crippen LogP contribution >= 0.6 is 11.8 Å². The number of cyclic esters (lactones) is 2. The minimum absolute atomic E-state index is 0.000833. The number of fused-ring (bicyclic) bond motifs is 2. The number of thioether (sulfide) groups is 1. The summed E-state index contributed by atoms with van der Waals surface area (Å²) in [7, 11) is 0. The third-order valence-corrected chi connectivity index (χ3v) is 3.95. The lowest BCUT2D eigenvalue weighted by Crippen LogP contribution is -2.29. The molecule has 13 heavy (non-hydrogen) atoms. The number of hydrogen-bond acceptors (Lipinski definition) is 4. The van der Waals surface area contributed by atoms with Crippen LogP contribution in [0.25, 0.3) is 0 Å². The number of rotatable bonds is 0. The molecule has 2 heterocycles. The summed E-state index contributed by atoms with van der Waals surface area (Å²) >= 11 is 1.61. The molecule has 2 aliphatic heterocycles. The highest BCUT2D eigenvalue weighted by Gasteiger charge is 2.42. The van der Waals surface area contributed by atoms with Crippen LogP contribution in [0.2, 0.25) is 0 Å². The van der Waals surface area contributed by atoms with Crippen molar-refractivity contribution in [2.75, 3.05) is 5.75 Å². The van der Waals surface area contributed by atoms with E-state index in [1.165, 1.54) is 0 Å². The zero-order valence-electron chi connectivity index (χ0n) is 7.54. The molecule has 2 fully saturated rings. The molecule has 0 aromatic carbocycles. The predicted octanol–water partition coefficient (Wildman–Crippen LogP) is 1.36. The molecule has 0 aromatic heterocycles. The molecule has 2 bridgehead atoms. The summed E-state index contributed by atoms with van der Waals surface area (Å²) in [6.45, 7) is 2.07. The minimum Gasteiger partial charge on any atom is -0.392 e. The Hall–Kier alpha value is -0.510. The number of carbonyl (C=O) groups is 2. The molecule has 72 valence electrons. The molecule has 0 saturated carbocycles. The van der Waals surface area contributed by atoms with Crippen LogP contribution in [0.5, 0.6) is 0 Å². The zero-order valence-corrected chi connectivity index (χ0v) is 8.36. The zero-order chi connectivity index (χ0) is 9.47. The van der Waals surface area contributed by atoms with E-state index in [-0.39, 0.29) is 22.6 Å². The Balaban J connectivity index is 2.25. The maximum atomic E-state index is 11.3. The number of ether oxygens (including phenoxy) is 1. The molecular weight excluding hydrogens is 188 g/mol. The first-order valence-corrected chi connectivity index (χ1v) is 5.50. The van der Waals surface area contributed by atoms with E-state index < -0.39 is 0 Å². The SMILES string of the molecule is CC12CCSC(C1)C(=O)OC(=O)C2. The summed E-state index contributed by atoms with van der Waals surface area (Å²) in [5.74, 6) is 0.278. The van der Waals surface area contributed by atoms with Crippen LogP contribution in [0.3, 0.4) is 0 Å². The molecule has 0 radical (unpaired) electrons. The summed E-state index contributed by atoms with van der Waals surface area (Å²) in [6, 6.07) is 0. The van der Waals surface area contributed by atoms with E-state index in [1.807, 2.05) is 0 Å². The van der Waals surface area contributed by atoms with E-state index >= 15 is 0 Å². The summed E-state index contributed by atoms with van der Waals surface area (Å²) in [4.78, 5) is 22.5. The Labute approximate surface area is 81.2 Å². The van der Waals surface area contributed by atoms with Crippen LogP contribution in [-0.2, 0) is 14.3 Å². The van der Waals surface area contributed by atoms with Crippen LogP contribution in [0, 0.1) is 5.41 Å². The number of hydrogen-bond donors (Lipinski definition) is 0. The fourth-order valence-electron chi connectivity index (χ4n) is 1.93. The molecule has 4 heteroatoms. The highest BCUT2D eigenvalue weighted by atomic mass is 32.2. The van der Waals surface area contributed by atoms with Crippen molar-refractivity contribution in [2.45, 2.75) is 31.4 Å². The molecule has 0 amide bonds. The standard InChI is InChI=1S/C9H12O3S/c1-9-2-3-13-6(4-9)8(11)12-7(10)5-9/h6H,2-5H2,1H3. The van der Waals surface area contributed by atoms with E-state index in [2.05, 4.69) is 6.92 Å². The van der Waals surface area contributed by atoms with Gasteiger partial charge in [-0.2, -0.15) is 0 Å². The van der Waals surface area contributed by atoms with Gasteiger partial charge in [0.1, 0.15) is 5.25 Å². The smallest absolute Gasteiger partial charge is 0.326 e. The Morgan fingerprint density at radius 2 is 2.31 bits per heavy atom. The largest absolute Gasteiger partial charge is 0.392 e. The summed E-state index contributed by atoms with van der Waals surface area (Å²) in [5.41, 5.74) is -0.000833. The van der Waals surface area contributed by atoms with Crippen molar-refractivity contribution in [1.29, 1.82) is 0 Å². The molecule has 2 unspecified atom stereocenters. The van der Waals surface area contributed by atoms with E-state index in [0.717, 1.165) is 18.6 Å². The average molecular weight is 200 g/mol.